The van der Waals surface area contributed by atoms with Gasteiger partial charge in [0, 0.05) is 48.4 Å². The number of pyridine rings is 1. The fraction of sp³-hybridized carbons (Fsp3) is 0.421. The van der Waals surface area contributed by atoms with Gasteiger partial charge in [0.25, 0.3) is 0 Å². The maximum absolute atomic E-state index is 16.5. The Kier molecular flexibility index (Phi) is 8.83. The first-order chi connectivity index (χ1) is 24.3. The van der Waals surface area contributed by atoms with Crippen LogP contribution in [0.2, 0.25) is 0 Å². The van der Waals surface area contributed by atoms with Gasteiger partial charge in [-0.15, -0.1) is 0 Å². The molecule has 2 saturated heterocycles. The number of carbonyl (C=O) groups is 1. The Bertz CT molecular complexity index is 2100. The molecule has 5 heterocycles. The van der Waals surface area contributed by atoms with E-state index in [2.05, 4.69) is 11.6 Å². The topological polar surface area (TPSA) is 108 Å². The van der Waals surface area contributed by atoms with Crippen LogP contribution in [0.1, 0.15) is 64.8 Å². The summed E-state index contributed by atoms with van der Waals surface area (Å²) < 4.78 is 58.0. The Morgan fingerprint density at radius 2 is 1.90 bits per heavy atom. The summed E-state index contributed by atoms with van der Waals surface area (Å²) in [4.78, 5) is 40.3. The van der Waals surface area contributed by atoms with Crippen molar-refractivity contribution in [2.24, 2.45) is 0 Å². The fourth-order valence-electron chi connectivity index (χ4n) is 7.08. The number of hydrogen-bond donors (Lipinski definition) is 0. The monoisotopic (exact) mass is 701 g/mol. The summed E-state index contributed by atoms with van der Waals surface area (Å²) in [7, 11) is 0. The van der Waals surface area contributed by atoms with Crippen molar-refractivity contribution >= 4 is 22.8 Å². The quantitative estimate of drug-likeness (QED) is 0.217. The Morgan fingerprint density at radius 3 is 2.61 bits per heavy atom. The Morgan fingerprint density at radius 1 is 1.12 bits per heavy atom. The third kappa shape index (κ3) is 6.22. The highest BCUT2D eigenvalue weighted by molar-refractivity contribution is 5.95. The first-order valence-electron chi connectivity index (χ1n) is 17.1. The number of hydrogen-bond acceptors (Lipinski definition) is 9. The summed E-state index contributed by atoms with van der Waals surface area (Å²) in [6.07, 6.45) is 0.477. The number of carbonyl (C=O) groups excluding carboxylic acids is 1. The minimum absolute atomic E-state index is 0.0692. The fourth-order valence-corrected chi connectivity index (χ4v) is 7.08. The van der Waals surface area contributed by atoms with Gasteiger partial charge in [0.15, 0.2) is 6.29 Å². The number of piperazine rings is 1. The Labute approximate surface area is 294 Å². The standard InChI is InChI=1S/C38H41F2N5O6/c1-8-30-49-29-19-48-28-11-9-10-25(39)31(28)23-17-27-24(16-26(23)40)35(44-15-14-43(18-21(44)4)37(47)51-38(5,6)7)42-36(46)45(27)33-22(34(29)50-30)12-13-41-32(33)20(2)3/h8-13,16-17,20-21,29-30,34H,1,14-15,18-19H2,2-7H3/t21-,29?,30?,34?/m0/s1. The number of benzene rings is 2. The third-order valence-corrected chi connectivity index (χ3v) is 9.34. The SMILES string of the molecule is C=CC1OC2COc3cccc(F)c3-c3cc4c(cc3F)c(N3CCN(C(=O)OC(C)(C)C)C[C@@H]3C)nc(=O)n4-c3c(ccnc3C(C)C)C2O1. The number of amides is 1. The van der Waals surface area contributed by atoms with Crippen molar-refractivity contribution in [1.29, 1.82) is 0 Å². The summed E-state index contributed by atoms with van der Waals surface area (Å²) >= 11 is 0. The Balaban J connectivity index is 1.49. The van der Waals surface area contributed by atoms with E-state index < -0.39 is 47.5 Å². The van der Waals surface area contributed by atoms with Crippen LogP contribution in [0.25, 0.3) is 27.7 Å². The normalized spacial score (nSPS) is 21.7. The van der Waals surface area contributed by atoms with E-state index in [1.165, 1.54) is 34.9 Å². The first-order valence-corrected chi connectivity index (χ1v) is 17.1. The molecule has 0 saturated carbocycles. The van der Waals surface area contributed by atoms with Gasteiger partial charge in [0.1, 0.15) is 47.6 Å². The molecule has 2 aromatic heterocycles. The predicted octanol–water partition coefficient (Wildman–Crippen LogP) is 6.66. The van der Waals surface area contributed by atoms with Gasteiger partial charge in [-0.25, -0.2) is 18.4 Å². The first kappa shape index (κ1) is 34.6. The van der Waals surface area contributed by atoms with Crippen molar-refractivity contribution in [1.82, 2.24) is 19.4 Å². The molecule has 0 radical (unpaired) electrons. The lowest BCUT2D eigenvalue weighted by atomic mass is 9.96. The molecule has 2 fully saturated rings. The number of ether oxygens (including phenoxy) is 4. The maximum atomic E-state index is 16.5. The second-order valence-corrected chi connectivity index (χ2v) is 14.4. The molecule has 2 bridgehead atoms. The molecule has 13 heteroatoms. The average Bonchev–Trinajstić information content (AvgIpc) is 3.49. The molecule has 3 aliphatic rings. The van der Waals surface area contributed by atoms with Crippen molar-refractivity contribution < 1.29 is 32.5 Å². The molecule has 51 heavy (non-hydrogen) atoms. The number of rotatable bonds is 3. The molecule has 0 spiro atoms. The van der Waals surface area contributed by atoms with Crippen LogP contribution in [0.5, 0.6) is 5.75 Å². The van der Waals surface area contributed by atoms with Gasteiger partial charge in [-0.05, 0) is 70.0 Å². The number of fused-ring (bicyclic) bond motifs is 7. The van der Waals surface area contributed by atoms with E-state index in [1.807, 2.05) is 25.7 Å². The van der Waals surface area contributed by atoms with Crippen LogP contribution >= 0.6 is 0 Å². The number of anilines is 1. The molecule has 2 aromatic carbocycles. The molecule has 4 atom stereocenters. The lowest BCUT2D eigenvalue weighted by Crippen LogP contribution is -2.55. The van der Waals surface area contributed by atoms with E-state index in [0.717, 1.165) is 0 Å². The molecular formula is C38H41F2N5O6. The van der Waals surface area contributed by atoms with Crippen LogP contribution in [0.4, 0.5) is 19.4 Å². The molecule has 3 unspecified atom stereocenters. The van der Waals surface area contributed by atoms with Crippen molar-refractivity contribution in [2.75, 3.05) is 31.1 Å². The van der Waals surface area contributed by atoms with E-state index in [0.29, 0.717) is 28.9 Å². The molecule has 11 nitrogen and oxygen atoms in total. The molecule has 0 aliphatic carbocycles. The van der Waals surface area contributed by atoms with Gasteiger partial charge >= 0.3 is 11.8 Å². The summed E-state index contributed by atoms with van der Waals surface area (Å²) in [5.41, 5.74) is 0.362. The molecule has 268 valence electrons. The van der Waals surface area contributed by atoms with E-state index in [1.54, 1.807) is 44.0 Å². The van der Waals surface area contributed by atoms with Gasteiger partial charge < -0.3 is 28.7 Å². The van der Waals surface area contributed by atoms with Crippen LogP contribution in [0, 0.1) is 11.6 Å². The Hall–Kier alpha value is -4.88. The van der Waals surface area contributed by atoms with Crippen LogP contribution in [0.3, 0.4) is 0 Å². The number of halogens is 2. The van der Waals surface area contributed by atoms with E-state index in [4.69, 9.17) is 23.9 Å². The number of nitrogens with zero attached hydrogens (tertiary/aromatic N) is 5. The van der Waals surface area contributed by atoms with Gasteiger partial charge in [0.2, 0.25) is 0 Å². The molecule has 4 aromatic rings. The highest BCUT2D eigenvalue weighted by atomic mass is 19.1. The lowest BCUT2D eigenvalue weighted by molar-refractivity contribution is -0.0331. The van der Waals surface area contributed by atoms with Crippen LogP contribution in [-0.4, -0.2) is 75.8 Å². The van der Waals surface area contributed by atoms with Gasteiger partial charge in [-0.3, -0.25) is 9.55 Å². The zero-order valence-electron chi connectivity index (χ0n) is 29.5. The lowest BCUT2D eigenvalue weighted by Gasteiger charge is -2.41. The van der Waals surface area contributed by atoms with Gasteiger partial charge in [-0.1, -0.05) is 26.5 Å². The zero-order valence-corrected chi connectivity index (χ0v) is 29.5. The van der Waals surface area contributed by atoms with Gasteiger partial charge in [0.05, 0.1) is 22.5 Å². The predicted molar refractivity (Wildman–Crippen MR) is 187 cm³/mol. The largest absolute Gasteiger partial charge is 0.490 e. The maximum Gasteiger partial charge on any atom is 0.410 e. The third-order valence-electron chi connectivity index (χ3n) is 9.34. The second kappa shape index (κ2) is 13.0. The summed E-state index contributed by atoms with van der Waals surface area (Å²) in [6, 6.07) is 8.49. The van der Waals surface area contributed by atoms with E-state index >= 15 is 8.78 Å². The summed E-state index contributed by atoms with van der Waals surface area (Å²) in [5, 5.41) is 0.318. The summed E-state index contributed by atoms with van der Waals surface area (Å²) in [6.45, 7) is 15.9. The molecule has 1 amide bonds. The highest BCUT2D eigenvalue weighted by Crippen LogP contribution is 2.43. The van der Waals surface area contributed by atoms with Crippen molar-refractivity contribution in [2.45, 2.75) is 77.6 Å². The minimum atomic E-state index is -0.791. The highest BCUT2D eigenvalue weighted by Gasteiger charge is 2.40. The van der Waals surface area contributed by atoms with Crippen LogP contribution < -0.4 is 15.3 Å². The summed E-state index contributed by atoms with van der Waals surface area (Å²) in [5.74, 6) is -1.26. The molecular weight excluding hydrogens is 660 g/mol. The minimum Gasteiger partial charge on any atom is -0.490 e. The van der Waals surface area contributed by atoms with Crippen molar-refractivity contribution in [3.8, 4) is 22.6 Å². The van der Waals surface area contributed by atoms with E-state index in [9.17, 15) is 9.59 Å². The average molecular weight is 702 g/mol. The molecule has 7 rings (SSSR count). The van der Waals surface area contributed by atoms with E-state index in [-0.39, 0.29) is 59.9 Å². The van der Waals surface area contributed by atoms with Crippen LogP contribution in [0.15, 0.2) is 60.0 Å². The molecule has 3 aliphatic heterocycles. The second-order valence-electron chi connectivity index (χ2n) is 14.4. The van der Waals surface area contributed by atoms with Crippen molar-refractivity contribution in [3.63, 3.8) is 0 Å². The van der Waals surface area contributed by atoms with Crippen LogP contribution in [-0.2, 0) is 14.2 Å². The number of aromatic nitrogens is 3. The zero-order chi connectivity index (χ0) is 36.4. The smallest absolute Gasteiger partial charge is 0.410 e. The van der Waals surface area contributed by atoms with Gasteiger partial charge in [-0.2, -0.15) is 4.98 Å². The van der Waals surface area contributed by atoms with Crippen molar-refractivity contribution in [3.05, 3.63) is 88.6 Å². The molecule has 0 N–H and O–H groups in total.